The zero-order valence-corrected chi connectivity index (χ0v) is 14.9. The number of ether oxygens (including phenoxy) is 1. The molecule has 136 valence electrons. The second-order valence-corrected chi connectivity index (χ2v) is 6.26. The lowest BCUT2D eigenvalue weighted by Gasteiger charge is -2.32. The van der Waals surface area contributed by atoms with Gasteiger partial charge in [0.25, 0.3) is 5.91 Å². The van der Waals surface area contributed by atoms with Crippen molar-refractivity contribution in [3.63, 3.8) is 0 Å². The Hall–Kier alpha value is -2.93. The van der Waals surface area contributed by atoms with E-state index in [2.05, 4.69) is 22.2 Å². The average Bonchev–Trinajstić information content (AvgIpc) is 2.68. The highest BCUT2D eigenvalue weighted by Gasteiger charge is 2.20. The number of anilines is 2. The van der Waals surface area contributed by atoms with E-state index >= 15 is 0 Å². The first-order chi connectivity index (χ1) is 12.6. The predicted octanol–water partition coefficient (Wildman–Crippen LogP) is 2.00. The van der Waals surface area contributed by atoms with Crippen molar-refractivity contribution in [2.75, 3.05) is 45.7 Å². The third-order valence-corrected chi connectivity index (χ3v) is 4.35. The molecule has 2 heterocycles. The van der Waals surface area contributed by atoms with Crippen molar-refractivity contribution < 1.29 is 14.3 Å². The van der Waals surface area contributed by atoms with E-state index in [0.29, 0.717) is 29.9 Å². The number of carbonyl (C=O) groups is 2. The maximum atomic E-state index is 12.7. The topological polar surface area (TPSA) is 74.8 Å². The molecule has 0 atom stereocenters. The predicted molar refractivity (Wildman–Crippen MR) is 98.7 cm³/mol. The molecule has 0 aliphatic carbocycles. The minimum Gasteiger partial charge on any atom is -0.465 e. The van der Waals surface area contributed by atoms with Crippen LogP contribution in [0.1, 0.15) is 20.7 Å². The largest absolute Gasteiger partial charge is 0.465 e. The number of amides is 1. The van der Waals surface area contributed by atoms with Gasteiger partial charge in [-0.2, -0.15) is 0 Å². The molecule has 1 N–H and O–H groups in total. The lowest BCUT2D eigenvalue weighted by molar-refractivity contribution is 0.0600. The molecule has 1 aromatic carbocycles. The molecule has 1 aliphatic rings. The highest BCUT2D eigenvalue weighted by atomic mass is 16.5. The van der Waals surface area contributed by atoms with Gasteiger partial charge in [0.2, 0.25) is 0 Å². The van der Waals surface area contributed by atoms with Crippen molar-refractivity contribution in [2.45, 2.75) is 0 Å². The van der Waals surface area contributed by atoms with Crippen LogP contribution >= 0.6 is 0 Å². The Morgan fingerprint density at radius 2 is 1.77 bits per heavy atom. The molecule has 0 radical (unpaired) electrons. The van der Waals surface area contributed by atoms with Gasteiger partial charge in [0.05, 0.1) is 30.1 Å². The Morgan fingerprint density at radius 3 is 2.50 bits per heavy atom. The number of piperazine rings is 1. The van der Waals surface area contributed by atoms with Gasteiger partial charge in [-0.05, 0) is 31.3 Å². The Morgan fingerprint density at radius 1 is 1.04 bits per heavy atom. The fraction of sp³-hybridized carbons (Fsp3) is 0.316. The lowest BCUT2D eigenvalue weighted by Crippen LogP contribution is -2.47. The van der Waals surface area contributed by atoms with Crippen LogP contribution in [0.15, 0.2) is 42.7 Å². The van der Waals surface area contributed by atoms with Crippen LogP contribution in [0.4, 0.5) is 11.4 Å². The first kappa shape index (κ1) is 17.9. The monoisotopic (exact) mass is 354 g/mol. The van der Waals surface area contributed by atoms with Crippen LogP contribution in [0.5, 0.6) is 0 Å². The van der Waals surface area contributed by atoms with Gasteiger partial charge >= 0.3 is 5.97 Å². The molecule has 0 saturated carbocycles. The number of rotatable bonds is 4. The molecular weight excluding hydrogens is 332 g/mol. The van der Waals surface area contributed by atoms with Crippen LogP contribution in [0.3, 0.4) is 0 Å². The molecule has 0 spiro atoms. The fourth-order valence-electron chi connectivity index (χ4n) is 2.83. The van der Waals surface area contributed by atoms with Gasteiger partial charge in [-0.15, -0.1) is 0 Å². The molecule has 0 bridgehead atoms. The summed E-state index contributed by atoms with van der Waals surface area (Å²) >= 11 is 0. The third-order valence-electron chi connectivity index (χ3n) is 4.35. The van der Waals surface area contributed by atoms with E-state index in [1.54, 1.807) is 36.7 Å². The number of nitrogens with zero attached hydrogens (tertiary/aromatic N) is 3. The van der Waals surface area contributed by atoms with Crippen molar-refractivity contribution in [3.05, 3.63) is 53.9 Å². The quantitative estimate of drug-likeness (QED) is 0.847. The first-order valence-electron chi connectivity index (χ1n) is 8.45. The Kier molecular flexibility index (Phi) is 5.48. The summed E-state index contributed by atoms with van der Waals surface area (Å²) in [5.74, 6) is -0.414. The minimum absolute atomic E-state index is 0.0161. The lowest BCUT2D eigenvalue weighted by atomic mass is 10.2. The van der Waals surface area contributed by atoms with Crippen molar-refractivity contribution in [1.29, 1.82) is 0 Å². The second kappa shape index (κ2) is 7.97. The highest BCUT2D eigenvalue weighted by Crippen LogP contribution is 2.19. The van der Waals surface area contributed by atoms with E-state index in [1.165, 1.54) is 7.11 Å². The molecule has 26 heavy (non-hydrogen) atoms. The van der Waals surface area contributed by atoms with Crippen LogP contribution in [0.25, 0.3) is 0 Å². The van der Waals surface area contributed by atoms with Gasteiger partial charge in [-0.1, -0.05) is 6.07 Å². The van der Waals surface area contributed by atoms with E-state index in [0.717, 1.165) is 18.8 Å². The number of nitrogens with one attached hydrogen (secondary N) is 1. The number of hydrogen-bond donors (Lipinski definition) is 1. The van der Waals surface area contributed by atoms with Crippen LogP contribution in [0, 0.1) is 0 Å². The van der Waals surface area contributed by atoms with E-state index in [9.17, 15) is 9.59 Å². The number of carbonyl (C=O) groups excluding carboxylic acids is 2. The summed E-state index contributed by atoms with van der Waals surface area (Å²) in [6.07, 6.45) is 3.22. The minimum atomic E-state index is -0.397. The molecule has 1 aliphatic heterocycles. The van der Waals surface area contributed by atoms with Gasteiger partial charge < -0.3 is 19.9 Å². The zero-order valence-electron chi connectivity index (χ0n) is 14.9. The molecule has 1 amide bonds. The number of benzene rings is 1. The van der Waals surface area contributed by atoms with Crippen LogP contribution in [-0.4, -0.2) is 67.0 Å². The van der Waals surface area contributed by atoms with Gasteiger partial charge in [-0.25, -0.2) is 4.79 Å². The molecule has 3 rings (SSSR count). The zero-order chi connectivity index (χ0) is 18.5. The standard InChI is InChI=1S/C19H22N4O3/c1-22-6-8-23(9-7-22)18(24)15-11-17(13-20-12-15)21-16-5-3-4-14(10-16)19(25)26-2/h3-5,10-13,21H,6-9H2,1-2H3. The molecule has 2 aromatic rings. The summed E-state index contributed by atoms with van der Waals surface area (Å²) in [6.45, 7) is 3.18. The van der Waals surface area contributed by atoms with Crippen molar-refractivity contribution in [3.8, 4) is 0 Å². The number of likely N-dealkylation sites (N-methyl/N-ethyl adjacent to an activating group) is 1. The fourth-order valence-corrected chi connectivity index (χ4v) is 2.83. The molecule has 1 fully saturated rings. The summed E-state index contributed by atoms with van der Waals surface area (Å²) in [6, 6.07) is 8.75. The van der Waals surface area contributed by atoms with Crippen molar-refractivity contribution in [2.24, 2.45) is 0 Å². The molecule has 7 nitrogen and oxygen atoms in total. The third kappa shape index (κ3) is 4.18. The number of hydrogen-bond acceptors (Lipinski definition) is 6. The summed E-state index contributed by atoms with van der Waals surface area (Å²) in [5, 5.41) is 3.18. The van der Waals surface area contributed by atoms with E-state index < -0.39 is 5.97 Å². The van der Waals surface area contributed by atoms with Crippen LogP contribution in [0.2, 0.25) is 0 Å². The molecule has 0 unspecified atom stereocenters. The Balaban J connectivity index is 1.73. The number of methoxy groups -OCH3 is 1. The maximum Gasteiger partial charge on any atom is 0.337 e. The number of esters is 1. The van der Waals surface area contributed by atoms with Crippen molar-refractivity contribution in [1.82, 2.24) is 14.8 Å². The van der Waals surface area contributed by atoms with E-state index in [-0.39, 0.29) is 5.91 Å². The van der Waals surface area contributed by atoms with E-state index in [4.69, 9.17) is 4.74 Å². The summed E-state index contributed by atoms with van der Waals surface area (Å²) in [5.41, 5.74) is 2.41. The normalized spacial score (nSPS) is 14.8. The van der Waals surface area contributed by atoms with Gasteiger partial charge in [0.1, 0.15) is 0 Å². The van der Waals surface area contributed by atoms with Crippen molar-refractivity contribution >= 4 is 23.3 Å². The molecule has 1 aromatic heterocycles. The Bertz CT molecular complexity index is 801. The van der Waals surface area contributed by atoms with Gasteiger partial charge in [0, 0.05) is 38.1 Å². The van der Waals surface area contributed by atoms with Gasteiger partial charge in [0.15, 0.2) is 0 Å². The summed E-state index contributed by atoms with van der Waals surface area (Å²) in [7, 11) is 3.40. The Labute approximate surface area is 152 Å². The SMILES string of the molecule is COC(=O)c1cccc(Nc2cncc(C(=O)N3CCN(C)CC3)c2)c1. The summed E-state index contributed by atoms with van der Waals surface area (Å²) < 4.78 is 4.73. The van der Waals surface area contributed by atoms with Crippen LogP contribution < -0.4 is 5.32 Å². The molecular formula is C19H22N4O3. The number of aromatic nitrogens is 1. The first-order valence-corrected chi connectivity index (χ1v) is 8.45. The highest BCUT2D eigenvalue weighted by molar-refractivity contribution is 5.95. The van der Waals surface area contributed by atoms with Crippen LogP contribution in [-0.2, 0) is 4.74 Å². The van der Waals surface area contributed by atoms with Gasteiger partial charge in [-0.3, -0.25) is 9.78 Å². The second-order valence-electron chi connectivity index (χ2n) is 6.26. The molecule has 1 saturated heterocycles. The average molecular weight is 354 g/mol. The maximum absolute atomic E-state index is 12.7. The van der Waals surface area contributed by atoms with E-state index in [1.807, 2.05) is 11.0 Å². The number of pyridine rings is 1. The summed E-state index contributed by atoms with van der Waals surface area (Å²) in [4.78, 5) is 32.5. The smallest absolute Gasteiger partial charge is 0.337 e. The molecule has 7 heteroatoms.